The molecule has 42 heavy (non-hydrogen) atoms. The first-order chi connectivity index (χ1) is 20.4. The number of nitrogens with one attached hydrogen (secondary N) is 2. The van der Waals surface area contributed by atoms with Gasteiger partial charge in [0.2, 0.25) is 10.0 Å². The van der Waals surface area contributed by atoms with E-state index < -0.39 is 15.7 Å². The van der Waals surface area contributed by atoms with Crippen LogP contribution in [0, 0.1) is 0 Å². The van der Waals surface area contributed by atoms with Crippen LogP contribution < -0.4 is 16.7 Å². The molecular formula is C31H38N6O4S. The molecule has 2 aliphatic heterocycles. The third kappa shape index (κ3) is 6.06. The lowest BCUT2D eigenvalue weighted by Crippen LogP contribution is -2.46. The molecule has 2 aliphatic rings. The number of sulfonamides is 1. The van der Waals surface area contributed by atoms with Crippen molar-refractivity contribution in [1.82, 2.24) is 24.2 Å². The van der Waals surface area contributed by atoms with E-state index >= 15 is 0 Å². The SMILES string of the molecule is NCc1ccc(-n2cc3cc(-c4ccc(S(=O)(=O)N(CCCC5CCCO5)C5CCNCC5)cc4)[nH]c3nc2=O)cc1. The van der Waals surface area contributed by atoms with Crippen molar-refractivity contribution in [3.8, 4) is 16.9 Å². The maximum atomic E-state index is 13.9. The number of rotatable bonds is 10. The quantitative estimate of drug-likeness (QED) is 0.257. The molecule has 222 valence electrons. The molecule has 11 heteroatoms. The zero-order valence-corrected chi connectivity index (χ0v) is 24.5. The molecule has 4 heterocycles. The van der Waals surface area contributed by atoms with Gasteiger partial charge in [0.25, 0.3) is 0 Å². The average molecular weight is 591 g/mol. The predicted octanol–water partition coefficient (Wildman–Crippen LogP) is 3.54. The number of nitrogens with two attached hydrogens (primary N) is 1. The van der Waals surface area contributed by atoms with Gasteiger partial charge in [-0.25, -0.2) is 13.2 Å². The largest absolute Gasteiger partial charge is 0.378 e. The Labute approximate surface area is 246 Å². The summed E-state index contributed by atoms with van der Waals surface area (Å²) in [5, 5.41) is 4.11. The van der Waals surface area contributed by atoms with Crippen LogP contribution in [0.3, 0.4) is 0 Å². The van der Waals surface area contributed by atoms with Gasteiger partial charge in [-0.05, 0) is 93.1 Å². The second kappa shape index (κ2) is 12.5. The fourth-order valence-electron chi connectivity index (χ4n) is 6.01. The van der Waals surface area contributed by atoms with E-state index in [4.69, 9.17) is 10.5 Å². The number of ether oxygens (including phenoxy) is 1. The summed E-state index contributed by atoms with van der Waals surface area (Å²) in [6, 6.07) is 16.3. The number of hydrogen-bond acceptors (Lipinski definition) is 7. The van der Waals surface area contributed by atoms with Gasteiger partial charge in [0.1, 0.15) is 5.65 Å². The topological polar surface area (TPSA) is 135 Å². The molecule has 0 bridgehead atoms. The molecule has 1 atom stereocenters. The highest BCUT2D eigenvalue weighted by Gasteiger charge is 2.32. The summed E-state index contributed by atoms with van der Waals surface area (Å²) in [6.07, 6.45) is 7.42. The van der Waals surface area contributed by atoms with E-state index in [9.17, 15) is 13.2 Å². The van der Waals surface area contributed by atoms with E-state index in [-0.39, 0.29) is 17.0 Å². The third-order valence-corrected chi connectivity index (χ3v) is 10.3. The van der Waals surface area contributed by atoms with E-state index in [0.29, 0.717) is 24.4 Å². The average Bonchev–Trinajstić information content (AvgIpc) is 3.69. The number of nitrogens with zero attached hydrogens (tertiary/aromatic N) is 3. The van der Waals surface area contributed by atoms with Crippen molar-refractivity contribution in [1.29, 1.82) is 0 Å². The highest BCUT2D eigenvalue weighted by atomic mass is 32.2. The molecule has 0 spiro atoms. The molecule has 2 aromatic carbocycles. The summed E-state index contributed by atoms with van der Waals surface area (Å²) in [5.41, 5.74) is 9.03. The molecule has 2 aromatic heterocycles. The van der Waals surface area contributed by atoms with Gasteiger partial charge in [0.15, 0.2) is 0 Å². The Morgan fingerprint density at radius 3 is 2.50 bits per heavy atom. The van der Waals surface area contributed by atoms with Crippen molar-refractivity contribution in [2.75, 3.05) is 26.2 Å². The minimum absolute atomic E-state index is 0.0142. The number of aromatic amines is 1. The lowest BCUT2D eigenvalue weighted by molar-refractivity contribution is 0.0997. The summed E-state index contributed by atoms with van der Waals surface area (Å²) in [7, 11) is -3.68. The lowest BCUT2D eigenvalue weighted by atomic mass is 10.1. The number of fused-ring (bicyclic) bond motifs is 1. The van der Waals surface area contributed by atoms with Crippen molar-refractivity contribution < 1.29 is 13.2 Å². The second-order valence-corrected chi connectivity index (χ2v) is 13.0. The number of aromatic nitrogens is 3. The first-order valence-electron chi connectivity index (χ1n) is 14.8. The third-order valence-electron chi connectivity index (χ3n) is 8.37. The van der Waals surface area contributed by atoms with Gasteiger partial charge in [0, 0.05) is 43.0 Å². The highest BCUT2D eigenvalue weighted by Crippen LogP contribution is 2.28. The maximum absolute atomic E-state index is 13.9. The second-order valence-electron chi connectivity index (χ2n) is 11.1. The van der Waals surface area contributed by atoms with E-state index in [1.54, 1.807) is 22.6 Å². The van der Waals surface area contributed by atoms with Gasteiger partial charge in [-0.1, -0.05) is 24.3 Å². The van der Waals surface area contributed by atoms with Crippen molar-refractivity contribution in [2.24, 2.45) is 5.73 Å². The van der Waals surface area contributed by atoms with Crippen LogP contribution in [0.5, 0.6) is 0 Å². The summed E-state index contributed by atoms with van der Waals surface area (Å²) in [4.78, 5) is 20.5. The van der Waals surface area contributed by atoms with Crippen LogP contribution >= 0.6 is 0 Å². The van der Waals surface area contributed by atoms with Crippen molar-refractivity contribution in [3.63, 3.8) is 0 Å². The standard InChI is InChI=1S/C31H38N6O4S/c32-20-22-5-9-25(10-6-22)36-21-24-19-29(34-30(24)35-31(36)38)23-7-11-28(12-8-23)42(39,40)37(26-13-15-33-16-14-26)17-1-3-27-4-2-18-41-27/h5-12,19,21,26-27,33H,1-4,13-18,20,32H2,(H,34,35,38). The number of H-pyrrole nitrogens is 1. The van der Waals surface area contributed by atoms with Crippen molar-refractivity contribution in [2.45, 2.75) is 62.1 Å². The molecule has 2 fully saturated rings. The predicted molar refractivity (Wildman–Crippen MR) is 163 cm³/mol. The van der Waals surface area contributed by atoms with E-state index in [1.807, 2.05) is 42.5 Å². The molecule has 4 aromatic rings. The van der Waals surface area contributed by atoms with Crippen LogP contribution in [0.1, 0.15) is 44.1 Å². The Kier molecular flexibility index (Phi) is 8.55. The van der Waals surface area contributed by atoms with Crippen LogP contribution in [0.2, 0.25) is 0 Å². The van der Waals surface area contributed by atoms with Crippen molar-refractivity contribution in [3.05, 3.63) is 76.8 Å². The summed E-state index contributed by atoms with van der Waals surface area (Å²) < 4.78 is 36.8. The first kappa shape index (κ1) is 28.8. The zero-order chi connectivity index (χ0) is 29.1. The molecule has 0 aliphatic carbocycles. The minimum Gasteiger partial charge on any atom is -0.378 e. The van der Waals surface area contributed by atoms with Crippen LogP contribution in [0.25, 0.3) is 28.0 Å². The van der Waals surface area contributed by atoms with Gasteiger partial charge >= 0.3 is 5.69 Å². The summed E-state index contributed by atoms with van der Waals surface area (Å²) in [5.74, 6) is 0. The molecular weight excluding hydrogens is 552 g/mol. The summed E-state index contributed by atoms with van der Waals surface area (Å²) in [6.45, 7) is 3.37. The normalized spacial score (nSPS) is 18.3. The number of benzene rings is 2. The molecule has 0 saturated carbocycles. The Morgan fingerprint density at radius 1 is 1.05 bits per heavy atom. The monoisotopic (exact) mass is 590 g/mol. The Balaban J connectivity index is 1.23. The first-order valence-corrected chi connectivity index (χ1v) is 16.2. The van der Waals surface area contributed by atoms with Gasteiger partial charge in [-0.3, -0.25) is 4.57 Å². The lowest BCUT2D eigenvalue weighted by Gasteiger charge is -2.34. The maximum Gasteiger partial charge on any atom is 0.354 e. The fourth-order valence-corrected chi connectivity index (χ4v) is 7.73. The smallest absolute Gasteiger partial charge is 0.354 e. The number of hydrogen-bond donors (Lipinski definition) is 3. The Hall–Kier alpha value is -3.35. The minimum atomic E-state index is -3.68. The van der Waals surface area contributed by atoms with E-state index in [2.05, 4.69) is 15.3 Å². The molecule has 1 unspecified atom stereocenters. The molecule has 10 nitrogen and oxygen atoms in total. The van der Waals surface area contributed by atoms with Gasteiger partial charge in [-0.2, -0.15) is 9.29 Å². The summed E-state index contributed by atoms with van der Waals surface area (Å²) >= 11 is 0. The van der Waals surface area contributed by atoms with Gasteiger partial charge < -0.3 is 20.8 Å². The Bertz CT molecular complexity index is 1670. The Morgan fingerprint density at radius 2 is 1.81 bits per heavy atom. The molecule has 4 N–H and O–H groups in total. The number of piperidine rings is 1. The van der Waals surface area contributed by atoms with Gasteiger partial charge in [0.05, 0.1) is 16.7 Å². The fraction of sp³-hybridized carbons (Fsp3) is 0.419. The van der Waals surface area contributed by atoms with Crippen LogP contribution in [-0.2, 0) is 21.3 Å². The van der Waals surface area contributed by atoms with Gasteiger partial charge in [-0.15, -0.1) is 0 Å². The van der Waals surface area contributed by atoms with E-state index in [0.717, 1.165) is 80.4 Å². The van der Waals surface area contributed by atoms with E-state index in [1.165, 1.54) is 4.57 Å². The molecule has 6 rings (SSSR count). The van der Waals surface area contributed by atoms with Crippen LogP contribution in [0.4, 0.5) is 0 Å². The molecule has 2 saturated heterocycles. The molecule has 0 radical (unpaired) electrons. The van der Waals surface area contributed by atoms with Crippen LogP contribution in [0.15, 0.2) is 70.5 Å². The van der Waals surface area contributed by atoms with Crippen LogP contribution in [-0.4, -0.2) is 65.6 Å². The molecule has 0 amide bonds. The highest BCUT2D eigenvalue weighted by molar-refractivity contribution is 7.89. The van der Waals surface area contributed by atoms with Crippen molar-refractivity contribution >= 4 is 21.1 Å². The zero-order valence-electron chi connectivity index (χ0n) is 23.7.